The van der Waals surface area contributed by atoms with Gasteiger partial charge in [-0.1, -0.05) is 30.4 Å². The van der Waals surface area contributed by atoms with Gasteiger partial charge in [-0.05, 0) is 61.7 Å². The average Bonchev–Trinajstić information content (AvgIpc) is 3.45. The lowest BCUT2D eigenvalue weighted by molar-refractivity contribution is -0.120. The summed E-state index contributed by atoms with van der Waals surface area (Å²) in [4.78, 5) is 16.1. The Morgan fingerprint density at radius 3 is 2.42 bits per heavy atom. The van der Waals surface area contributed by atoms with Crippen LogP contribution in [-0.4, -0.2) is 56.4 Å². The lowest BCUT2D eigenvalue weighted by Crippen LogP contribution is -2.27. The monoisotopic (exact) mass is 492 g/mol. The van der Waals surface area contributed by atoms with Crippen molar-refractivity contribution in [3.8, 4) is 22.9 Å². The Kier molecular flexibility index (Phi) is 10.9. The van der Waals surface area contributed by atoms with Crippen LogP contribution >= 0.6 is 0 Å². The van der Waals surface area contributed by atoms with E-state index in [2.05, 4.69) is 15.6 Å². The Morgan fingerprint density at radius 1 is 0.944 bits per heavy atom. The molecule has 0 atom stereocenters. The highest BCUT2D eigenvalue weighted by atomic mass is 16.5. The van der Waals surface area contributed by atoms with E-state index in [1.165, 1.54) is 0 Å². The maximum Gasteiger partial charge on any atom is 0.223 e. The highest BCUT2D eigenvalue weighted by Gasteiger charge is 2.15. The van der Waals surface area contributed by atoms with E-state index >= 15 is 0 Å². The van der Waals surface area contributed by atoms with Gasteiger partial charge in [0.15, 0.2) is 11.5 Å². The van der Waals surface area contributed by atoms with E-state index in [1.807, 2.05) is 59.3 Å². The minimum absolute atomic E-state index is 0.0295. The van der Waals surface area contributed by atoms with Crippen molar-refractivity contribution in [1.82, 2.24) is 20.2 Å². The molecule has 1 aromatic heterocycles. The van der Waals surface area contributed by atoms with Crippen LogP contribution in [0.3, 0.4) is 0 Å². The molecule has 0 aliphatic heterocycles. The number of methoxy groups -OCH3 is 3. The zero-order valence-corrected chi connectivity index (χ0v) is 21.3. The lowest BCUT2D eigenvalue weighted by Gasteiger charge is -2.15. The molecular weight excluding hydrogens is 456 g/mol. The van der Waals surface area contributed by atoms with Crippen molar-refractivity contribution >= 4 is 12.0 Å². The summed E-state index contributed by atoms with van der Waals surface area (Å²) in [6.07, 6.45) is 12.4. The SMILES string of the molecule is COc1ccc(CCCNCCCNC(=O)C/C=C/c2ccc(-n3ccnc3)cc2)c(OC)c1OC. The Balaban J connectivity index is 1.26. The standard InChI is InChI=1S/C28H36N4O4/c1-34-25-15-12-23(27(35-2)28(25)36-3)8-5-16-29-17-6-18-31-26(33)9-4-7-22-10-13-24(14-11-22)32-20-19-30-21-32/h4,7,10-15,19-21,29H,5-6,8-9,16-18H2,1-3H3,(H,31,33)/b7-4+. The highest BCUT2D eigenvalue weighted by Crippen LogP contribution is 2.40. The number of nitrogens with zero attached hydrogens (tertiary/aromatic N) is 2. The summed E-state index contributed by atoms with van der Waals surface area (Å²) in [5.74, 6) is 2.04. The normalized spacial score (nSPS) is 11.0. The highest BCUT2D eigenvalue weighted by molar-refractivity contribution is 5.78. The number of aromatic nitrogens is 2. The molecule has 2 aromatic carbocycles. The maximum absolute atomic E-state index is 12.1. The number of aryl methyl sites for hydroxylation is 1. The summed E-state index contributed by atoms with van der Waals surface area (Å²) in [6, 6.07) is 12.0. The van der Waals surface area contributed by atoms with Gasteiger partial charge in [0, 0.05) is 31.0 Å². The molecule has 0 fully saturated rings. The number of carbonyl (C=O) groups excluding carboxylic acids is 1. The lowest BCUT2D eigenvalue weighted by atomic mass is 10.1. The first-order valence-electron chi connectivity index (χ1n) is 12.2. The molecule has 3 aromatic rings. The molecule has 0 bridgehead atoms. The van der Waals surface area contributed by atoms with Crippen molar-refractivity contribution in [1.29, 1.82) is 0 Å². The minimum Gasteiger partial charge on any atom is -0.493 e. The van der Waals surface area contributed by atoms with Crippen molar-refractivity contribution < 1.29 is 19.0 Å². The van der Waals surface area contributed by atoms with E-state index in [4.69, 9.17) is 14.2 Å². The van der Waals surface area contributed by atoms with Gasteiger partial charge in [-0.3, -0.25) is 4.79 Å². The summed E-state index contributed by atoms with van der Waals surface area (Å²) in [7, 11) is 4.87. The number of carbonyl (C=O) groups is 1. The second kappa shape index (κ2) is 14.6. The molecule has 8 nitrogen and oxygen atoms in total. The molecule has 192 valence electrons. The fourth-order valence-corrected chi connectivity index (χ4v) is 3.87. The fraction of sp³-hybridized carbons (Fsp3) is 0.357. The second-order valence-corrected chi connectivity index (χ2v) is 8.22. The molecule has 0 radical (unpaired) electrons. The molecule has 0 aliphatic rings. The van der Waals surface area contributed by atoms with Gasteiger partial charge in [-0.15, -0.1) is 0 Å². The number of amides is 1. The van der Waals surface area contributed by atoms with E-state index in [0.717, 1.165) is 54.9 Å². The van der Waals surface area contributed by atoms with Gasteiger partial charge in [-0.2, -0.15) is 0 Å². The molecule has 3 rings (SSSR count). The number of hydrogen-bond donors (Lipinski definition) is 2. The van der Waals surface area contributed by atoms with E-state index in [9.17, 15) is 4.79 Å². The number of hydrogen-bond acceptors (Lipinski definition) is 6. The Labute approximate surface area is 213 Å². The maximum atomic E-state index is 12.1. The van der Waals surface area contributed by atoms with Gasteiger partial charge in [0.2, 0.25) is 11.7 Å². The molecule has 36 heavy (non-hydrogen) atoms. The molecule has 2 N–H and O–H groups in total. The number of benzene rings is 2. The van der Waals surface area contributed by atoms with Crippen LogP contribution < -0.4 is 24.8 Å². The summed E-state index contributed by atoms with van der Waals surface area (Å²) >= 11 is 0. The summed E-state index contributed by atoms with van der Waals surface area (Å²) in [5, 5.41) is 6.40. The largest absolute Gasteiger partial charge is 0.493 e. The third-order valence-corrected chi connectivity index (χ3v) is 5.75. The molecule has 0 unspecified atom stereocenters. The van der Waals surface area contributed by atoms with Crippen LogP contribution in [0.4, 0.5) is 0 Å². The Hall–Kier alpha value is -3.78. The minimum atomic E-state index is 0.0295. The Bertz CT molecular complexity index is 1100. The second-order valence-electron chi connectivity index (χ2n) is 8.22. The number of rotatable bonds is 15. The fourth-order valence-electron chi connectivity index (χ4n) is 3.87. The van der Waals surface area contributed by atoms with Gasteiger partial charge in [-0.25, -0.2) is 4.98 Å². The van der Waals surface area contributed by atoms with Crippen LogP contribution in [0.25, 0.3) is 11.8 Å². The van der Waals surface area contributed by atoms with Crippen molar-refractivity contribution in [2.45, 2.75) is 25.7 Å². The first-order chi connectivity index (χ1) is 17.7. The van der Waals surface area contributed by atoms with Crippen molar-refractivity contribution in [3.63, 3.8) is 0 Å². The zero-order chi connectivity index (χ0) is 25.6. The topological polar surface area (TPSA) is 86.6 Å². The third-order valence-electron chi connectivity index (χ3n) is 5.75. The molecule has 8 heteroatoms. The molecule has 0 spiro atoms. The molecular formula is C28H36N4O4. The van der Waals surface area contributed by atoms with Gasteiger partial charge in [0.05, 0.1) is 27.7 Å². The van der Waals surface area contributed by atoms with Crippen LogP contribution in [0.1, 0.15) is 30.4 Å². The van der Waals surface area contributed by atoms with Crippen LogP contribution in [-0.2, 0) is 11.2 Å². The number of imidazole rings is 1. The van der Waals surface area contributed by atoms with Crippen molar-refractivity contribution in [2.24, 2.45) is 0 Å². The van der Waals surface area contributed by atoms with Crippen molar-refractivity contribution in [3.05, 3.63) is 72.3 Å². The van der Waals surface area contributed by atoms with Crippen molar-refractivity contribution in [2.75, 3.05) is 41.0 Å². The van der Waals surface area contributed by atoms with Crippen LogP contribution in [0, 0.1) is 0 Å². The van der Waals surface area contributed by atoms with Gasteiger partial charge < -0.3 is 29.4 Å². The van der Waals surface area contributed by atoms with Crippen LogP contribution in [0.2, 0.25) is 0 Å². The quantitative estimate of drug-likeness (QED) is 0.312. The van der Waals surface area contributed by atoms with E-state index in [0.29, 0.717) is 24.5 Å². The molecule has 0 aliphatic carbocycles. The third kappa shape index (κ3) is 7.88. The average molecular weight is 493 g/mol. The first-order valence-corrected chi connectivity index (χ1v) is 12.2. The molecule has 1 heterocycles. The molecule has 0 saturated heterocycles. The van der Waals surface area contributed by atoms with Gasteiger partial charge >= 0.3 is 0 Å². The summed E-state index contributed by atoms with van der Waals surface area (Å²) < 4.78 is 18.3. The Morgan fingerprint density at radius 2 is 1.72 bits per heavy atom. The molecule has 0 saturated carbocycles. The molecule has 1 amide bonds. The van der Waals surface area contributed by atoms with Crippen LogP contribution in [0.15, 0.2) is 61.2 Å². The summed E-state index contributed by atoms with van der Waals surface area (Å²) in [6.45, 7) is 2.39. The smallest absolute Gasteiger partial charge is 0.223 e. The van der Waals surface area contributed by atoms with E-state index in [-0.39, 0.29) is 5.91 Å². The van der Waals surface area contributed by atoms with Gasteiger partial charge in [0.1, 0.15) is 0 Å². The van der Waals surface area contributed by atoms with E-state index < -0.39 is 0 Å². The number of ether oxygens (including phenoxy) is 3. The zero-order valence-electron chi connectivity index (χ0n) is 21.3. The summed E-state index contributed by atoms with van der Waals surface area (Å²) in [5.41, 5.74) is 3.20. The first kappa shape index (κ1) is 26.8. The number of nitrogens with one attached hydrogen (secondary N) is 2. The predicted molar refractivity (Wildman–Crippen MR) is 142 cm³/mol. The predicted octanol–water partition coefficient (Wildman–Crippen LogP) is 4.03. The van der Waals surface area contributed by atoms with Gasteiger partial charge in [0.25, 0.3) is 0 Å². The van der Waals surface area contributed by atoms with E-state index in [1.54, 1.807) is 33.9 Å². The van der Waals surface area contributed by atoms with Crippen LogP contribution in [0.5, 0.6) is 17.2 Å².